The van der Waals surface area contributed by atoms with Crippen LogP contribution in [0.15, 0.2) is 61.1 Å². The van der Waals surface area contributed by atoms with Crippen molar-refractivity contribution < 1.29 is 29.2 Å². The van der Waals surface area contributed by atoms with E-state index in [0.29, 0.717) is 28.3 Å². The van der Waals surface area contributed by atoms with Crippen LogP contribution in [0.1, 0.15) is 6.23 Å². The number of halogens is 1. The fourth-order valence-corrected chi connectivity index (χ4v) is 4.14. The predicted molar refractivity (Wildman–Crippen MR) is 122 cm³/mol. The van der Waals surface area contributed by atoms with E-state index in [2.05, 4.69) is 15.3 Å². The normalized spacial score (nSPS) is 22.3. The first kappa shape index (κ1) is 22.2. The van der Waals surface area contributed by atoms with Crippen LogP contribution < -0.4 is 10.1 Å². The molecular formula is C24H23FN4O5. The molecule has 2 aromatic carbocycles. The van der Waals surface area contributed by atoms with Gasteiger partial charge in [0.25, 0.3) is 0 Å². The molecular weight excluding hydrogens is 443 g/mol. The van der Waals surface area contributed by atoms with E-state index in [1.807, 2.05) is 24.3 Å². The first-order valence-corrected chi connectivity index (χ1v) is 10.6. The van der Waals surface area contributed by atoms with Gasteiger partial charge in [0.2, 0.25) is 0 Å². The Bertz CT molecular complexity index is 1300. The van der Waals surface area contributed by atoms with Crippen molar-refractivity contribution in [2.24, 2.45) is 0 Å². The fourth-order valence-electron chi connectivity index (χ4n) is 4.14. The van der Waals surface area contributed by atoms with Crippen LogP contribution in [0.3, 0.4) is 0 Å². The molecule has 34 heavy (non-hydrogen) atoms. The van der Waals surface area contributed by atoms with Crippen molar-refractivity contribution >= 4 is 22.5 Å². The van der Waals surface area contributed by atoms with E-state index < -0.39 is 31.1 Å². The highest BCUT2D eigenvalue weighted by atomic mass is 19.1. The molecule has 2 aromatic heterocycles. The molecule has 4 N–H and O–H groups in total. The number of nitrogens with one attached hydrogen (secondary N) is 1. The fraction of sp³-hybridized carbons (Fsp3) is 0.250. The Kier molecular flexibility index (Phi) is 5.88. The Morgan fingerprint density at radius 2 is 1.79 bits per heavy atom. The molecule has 3 heterocycles. The first-order chi connectivity index (χ1) is 16.5. The molecule has 1 saturated heterocycles. The number of hydrogen-bond donors (Lipinski definition) is 4. The van der Waals surface area contributed by atoms with E-state index in [-0.39, 0.29) is 5.82 Å². The van der Waals surface area contributed by atoms with Crippen molar-refractivity contribution in [1.29, 1.82) is 0 Å². The number of benzene rings is 2. The Morgan fingerprint density at radius 3 is 2.44 bits per heavy atom. The van der Waals surface area contributed by atoms with Gasteiger partial charge in [0, 0.05) is 17.4 Å². The maximum atomic E-state index is 13.4. The van der Waals surface area contributed by atoms with E-state index in [4.69, 9.17) is 9.47 Å². The summed E-state index contributed by atoms with van der Waals surface area (Å²) in [6.07, 6.45) is -1.31. The lowest BCUT2D eigenvalue weighted by molar-refractivity contribution is -0.0508. The van der Waals surface area contributed by atoms with Crippen LogP contribution in [-0.4, -0.2) is 61.9 Å². The van der Waals surface area contributed by atoms with E-state index in [1.165, 1.54) is 18.5 Å². The van der Waals surface area contributed by atoms with Crippen LogP contribution in [-0.2, 0) is 4.74 Å². The highest BCUT2D eigenvalue weighted by Crippen LogP contribution is 2.40. The van der Waals surface area contributed by atoms with Gasteiger partial charge in [-0.05, 0) is 42.0 Å². The molecule has 0 radical (unpaired) electrons. The second-order valence-corrected chi connectivity index (χ2v) is 7.96. The topological polar surface area (TPSA) is 122 Å². The van der Waals surface area contributed by atoms with Gasteiger partial charge in [-0.15, -0.1) is 0 Å². The number of aliphatic hydroxyl groups excluding tert-OH is 3. The summed E-state index contributed by atoms with van der Waals surface area (Å²) >= 11 is 0. The molecule has 4 atom stereocenters. The highest BCUT2D eigenvalue weighted by molar-refractivity contribution is 6.02. The van der Waals surface area contributed by atoms with Crippen LogP contribution in [0.25, 0.3) is 22.2 Å². The largest absolute Gasteiger partial charge is 0.497 e. The van der Waals surface area contributed by atoms with E-state index in [9.17, 15) is 19.7 Å². The molecule has 5 rings (SSSR count). The quantitative estimate of drug-likeness (QED) is 0.342. The Balaban J connectivity index is 1.67. The van der Waals surface area contributed by atoms with Gasteiger partial charge in [0.1, 0.15) is 47.7 Å². The second-order valence-electron chi connectivity index (χ2n) is 7.96. The van der Waals surface area contributed by atoms with Crippen LogP contribution in [0.5, 0.6) is 5.75 Å². The molecule has 1 aliphatic rings. The number of rotatable bonds is 6. The third-order valence-corrected chi connectivity index (χ3v) is 5.91. The van der Waals surface area contributed by atoms with Gasteiger partial charge in [-0.25, -0.2) is 14.4 Å². The summed E-state index contributed by atoms with van der Waals surface area (Å²) in [5.41, 5.74) is 2.64. The molecule has 0 amide bonds. The summed E-state index contributed by atoms with van der Waals surface area (Å²) in [7, 11) is 1.58. The molecule has 9 nitrogen and oxygen atoms in total. The number of fused-ring (bicyclic) bond motifs is 1. The molecule has 0 unspecified atom stereocenters. The maximum Gasteiger partial charge on any atom is 0.164 e. The van der Waals surface area contributed by atoms with Crippen molar-refractivity contribution in [3.05, 3.63) is 66.9 Å². The van der Waals surface area contributed by atoms with Crippen LogP contribution in [0.4, 0.5) is 15.9 Å². The second kappa shape index (κ2) is 8.99. The average molecular weight is 466 g/mol. The number of aliphatic hydroxyl groups is 3. The minimum atomic E-state index is -1.28. The minimum absolute atomic E-state index is 0.354. The lowest BCUT2D eigenvalue weighted by atomic mass is 10.1. The Labute approximate surface area is 194 Å². The Hall–Kier alpha value is -3.57. The van der Waals surface area contributed by atoms with Gasteiger partial charge in [-0.2, -0.15) is 0 Å². The molecule has 10 heteroatoms. The van der Waals surface area contributed by atoms with E-state index >= 15 is 0 Å². The molecule has 4 aromatic rings. The van der Waals surface area contributed by atoms with E-state index in [0.717, 1.165) is 11.1 Å². The molecule has 1 aliphatic heterocycles. The molecule has 176 valence electrons. The summed E-state index contributed by atoms with van der Waals surface area (Å²) in [6, 6.07) is 13.3. The molecule has 0 bridgehead atoms. The van der Waals surface area contributed by atoms with E-state index in [1.54, 1.807) is 30.0 Å². The lowest BCUT2D eigenvalue weighted by Crippen LogP contribution is -2.33. The maximum absolute atomic E-state index is 13.4. The average Bonchev–Trinajstić information content (AvgIpc) is 3.38. The molecule has 0 aliphatic carbocycles. The standard InChI is InChI=1S/C24H23FN4O5/c1-33-16-8-2-13(3-9-16)17-10-29(24-21(32)20(31)18(11-30)34-24)23-19(17)22(26-12-27-23)28-15-6-4-14(25)5-7-15/h2-10,12,18,20-21,24,30-32H,11H2,1H3,(H,26,27,28)/t18-,20+,21+,24-/m1/s1. The zero-order chi connectivity index (χ0) is 23.8. The monoisotopic (exact) mass is 466 g/mol. The van der Waals surface area contributed by atoms with Crippen molar-refractivity contribution in [3.8, 4) is 16.9 Å². The van der Waals surface area contributed by atoms with Crippen molar-refractivity contribution in [3.63, 3.8) is 0 Å². The summed E-state index contributed by atoms with van der Waals surface area (Å²) in [5, 5.41) is 34.3. The third kappa shape index (κ3) is 3.86. The number of methoxy groups -OCH3 is 1. The van der Waals surface area contributed by atoms with Gasteiger partial charge in [0.05, 0.1) is 19.1 Å². The predicted octanol–water partition coefficient (Wildman–Crippen LogP) is 2.60. The van der Waals surface area contributed by atoms with Gasteiger partial charge in [-0.1, -0.05) is 12.1 Å². The minimum Gasteiger partial charge on any atom is -0.497 e. The van der Waals surface area contributed by atoms with Gasteiger partial charge in [-0.3, -0.25) is 0 Å². The lowest BCUT2D eigenvalue weighted by Gasteiger charge is -2.17. The van der Waals surface area contributed by atoms with Crippen LogP contribution >= 0.6 is 0 Å². The number of aromatic nitrogens is 3. The van der Waals surface area contributed by atoms with Crippen molar-refractivity contribution in [2.75, 3.05) is 19.0 Å². The number of nitrogens with zero attached hydrogens (tertiary/aromatic N) is 3. The van der Waals surface area contributed by atoms with Gasteiger partial charge >= 0.3 is 0 Å². The summed E-state index contributed by atoms with van der Waals surface area (Å²) < 4.78 is 26.0. The Morgan fingerprint density at radius 1 is 1.06 bits per heavy atom. The van der Waals surface area contributed by atoms with Gasteiger partial charge in [0.15, 0.2) is 6.23 Å². The number of hydrogen-bond acceptors (Lipinski definition) is 8. The molecule has 0 spiro atoms. The van der Waals surface area contributed by atoms with Crippen LogP contribution in [0, 0.1) is 5.82 Å². The smallest absolute Gasteiger partial charge is 0.164 e. The van der Waals surface area contributed by atoms with Crippen LogP contribution in [0.2, 0.25) is 0 Å². The first-order valence-electron chi connectivity index (χ1n) is 10.6. The van der Waals surface area contributed by atoms with Gasteiger partial charge < -0.3 is 34.7 Å². The summed E-state index contributed by atoms with van der Waals surface area (Å²) in [5.74, 6) is 0.803. The number of anilines is 2. The van der Waals surface area contributed by atoms with Crippen molar-refractivity contribution in [1.82, 2.24) is 14.5 Å². The number of ether oxygens (including phenoxy) is 2. The zero-order valence-electron chi connectivity index (χ0n) is 18.2. The highest BCUT2D eigenvalue weighted by Gasteiger charge is 2.44. The third-order valence-electron chi connectivity index (χ3n) is 5.91. The molecule has 0 saturated carbocycles. The summed E-state index contributed by atoms with van der Waals surface area (Å²) in [6.45, 7) is -0.439. The molecule has 1 fully saturated rings. The SMILES string of the molecule is COc1ccc(-c2cn([C@@H]3O[C@H](CO)[C@H](O)[C@@H]3O)c3ncnc(Nc4ccc(F)cc4)c23)cc1. The van der Waals surface area contributed by atoms with Crippen molar-refractivity contribution in [2.45, 2.75) is 24.5 Å². The summed E-state index contributed by atoms with van der Waals surface area (Å²) in [4.78, 5) is 8.83. The zero-order valence-corrected chi connectivity index (χ0v) is 18.2.